The Morgan fingerprint density at radius 2 is 1.86 bits per heavy atom. The van der Waals surface area contributed by atoms with Crippen molar-refractivity contribution >= 4 is 28.5 Å². The van der Waals surface area contributed by atoms with Crippen LogP contribution in [0, 0.1) is 5.82 Å². The Morgan fingerprint density at radius 1 is 1.08 bits per heavy atom. The minimum atomic E-state index is -0.778. The van der Waals surface area contributed by atoms with E-state index >= 15 is 0 Å². The van der Waals surface area contributed by atoms with Gasteiger partial charge in [0.15, 0.2) is 16.9 Å². The van der Waals surface area contributed by atoms with Crippen LogP contribution in [0.25, 0.3) is 11.0 Å². The number of rotatable bonds is 7. The molecule has 0 fully saturated rings. The van der Waals surface area contributed by atoms with E-state index in [1.807, 2.05) is 0 Å². The van der Waals surface area contributed by atoms with Gasteiger partial charge in [0, 0.05) is 11.6 Å². The Bertz CT molecular complexity index is 1550. The van der Waals surface area contributed by atoms with E-state index in [-0.39, 0.29) is 46.7 Å². The third-order valence-electron chi connectivity index (χ3n) is 6.05. The SMILES string of the molecule is C=CCOc1ccc(C2c3c(oc4ccc(Cl)cc4c3=O)C(=O)N2Cc2ccc(F)cc2)cc1OC. The topological polar surface area (TPSA) is 69.0 Å². The van der Waals surface area contributed by atoms with Gasteiger partial charge in [-0.3, -0.25) is 9.59 Å². The van der Waals surface area contributed by atoms with Crippen molar-refractivity contribution < 1.29 is 23.1 Å². The van der Waals surface area contributed by atoms with E-state index in [0.29, 0.717) is 27.6 Å². The number of hydrogen-bond donors (Lipinski definition) is 0. The molecule has 182 valence electrons. The third kappa shape index (κ3) is 4.12. The Labute approximate surface area is 211 Å². The second-order valence-corrected chi connectivity index (χ2v) is 8.72. The molecule has 2 heterocycles. The number of amides is 1. The van der Waals surface area contributed by atoms with Crippen molar-refractivity contribution in [3.8, 4) is 11.5 Å². The van der Waals surface area contributed by atoms with Gasteiger partial charge in [-0.1, -0.05) is 42.5 Å². The molecule has 1 amide bonds. The van der Waals surface area contributed by atoms with Gasteiger partial charge in [0.2, 0.25) is 5.76 Å². The number of carbonyl (C=O) groups is 1. The van der Waals surface area contributed by atoms with Crippen molar-refractivity contribution in [1.29, 1.82) is 0 Å². The molecule has 0 saturated carbocycles. The molecule has 1 aromatic heterocycles. The number of halogens is 2. The fourth-order valence-corrected chi connectivity index (χ4v) is 4.58. The minimum Gasteiger partial charge on any atom is -0.493 e. The lowest BCUT2D eigenvalue weighted by Gasteiger charge is -2.26. The maximum Gasteiger partial charge on any atom is 0.291 e. The summed E-state index contributed by atoms with van der Waals surface area (Å²) < 4.78 is 30.6. The number of methoxy groups -OCH3 is 1. The normalized spacial score (nSPS) is 14.7. The van der Waals surface area contributed by atoms with Crippen LogP contribution in [-0.2, 0) is 6.54 Å². The molecule has 0 saturated heterocycles. The smallest absolute Gasteiger partial charge is 0.291 e. The molecule has 0 aliphatic carbocycles. The van der Waals surface area contributed by atoms with Crippen LogP contribution in [-0.4, -0.2) is 24.5 Å². The van der Waals surface area contributed by atoms with Crippen LogP contribution in [0.2, 0.25) is 5.02 Å². The van der Waals surface area contributed by atoms with Crippen LogP contribution < -0.4 is 14.9 Å². The van der Waals surface area contributed by atoms with Crippen LogP contribution in [0.1, 0.15) is 33.3 Å². The standard InChI is InChI=1S/C28H21ClFNO5/c1-3-12-35-22-10-6-17(13-23(22)34-2)25-24-26(32)20-14-18(29)7-11-21(20)36-27(24)28(33)31(25)15-16-4-8-19(30)9-5-16/h3-11,13-14,25H,1,12,15H2,2H3. The first-order chi connectivity index (χ1) is 17.4. The molecule has 0 spiro atoms. The molecule has 1 aliphatic rings. The van der Waals surface area contributed by atoms with Crippen LogP contribution in [0.3, 0.4) is 0 Å². The summed E-state index contributed by atoms with van der Waals surface area (Å²) in [6, 6.07) is 15.0. The molecular formula is C28H21ClFNO5. The fraction of sp³-hybridized carbons (Fsp3) is 0.143. The summed E-state index contributed by atoms with van der Waals surface area (Å²) in [6.45, 7) is 4.06. The Kier molecular flexibility index (Phi) is 6.24. The minimum absolute atomic E-state index is 0.0344. The van der Waals surface area contributed by atoms with Gasteiger partial charge in [-0.15, -0.1) is 0 Å². The molecule has 1 aliphatic heterocycles. The molecule has 36 heavy (non-hydrogen) atoms. The molecule has 3 aromatic carbocycles. The van der Waals surface area contributed by atoms with Gasteiger partial charge in [-0.05, 0) is 53.6 Å². The van der Waals surface area contributed by atoms with E-state index in [0.717, 1.165) is 0 Å². The molecule has 1 atom stereocenters. The number of fused-ring (bicyclic) bond motifs is 2. The first-order valence-electron chi connectivity index (χ1n) is 11.1. The highest BCUT2D eigenvalue weighted by Crippen LogP contribution is 2.42. The van der Waals surface area contributed by atoms with E-state index < -0.39 is 11.9 Å². The van der Waals surface area contributed by atoms with E-state index in [9.17, 15) is 14.0 Å². The lowest BCUT2D eigenvalue weighted by molar-refractivity contribution is 0.0714. The predicted octanol–water partition coefficient (Wildman–Crippen LogP) is 5.90. The van der Waals surface area contributed by atoms with E-state index in [1.54, 1.807) is 48.5 Å². The molecule has 8 heteroatoms. The maximum atomic E-state index is 13.7. The summed E-state index contributed by atoms with van der Waals surface area (Å²) in [5.74, 6) is 0.0663. The highest BCUT2D eigenvalue weighted by Gasteiger charge is 2.43. The first kappa shape index (κ1) is 23.6. The van der Waals surface area contributed by atoms with Crippen molar-refractivity contribution in [3.05, 3.63) is 117 Å². The summed E-state index contributed by atoms with van der Waals surface area (Å²) in [5, 5.41) is 0.657. The van der Waals surface area contributed by atoms with Crippen molar-refractivity contribution in [3.63, 3.8) is 0 Å². The summed E-state index contributed by atoms with van der Waals surface area (Å²) in [6.07, 6.45) is 1.62. The van der Waals surface area contributed by atoms with Crippen LogP contribution in [0.5, 0.6) is 11.5 Å². The number of carbonyl (C=O) groups excluding carboxylic acids is 1. The number of benzene rings is 3. The van der Waals surface area contributed by atoms with Crippen LogP contribution in [0.15, 0.2) is 82.5 Å². The maximum absolute atomic E-state index is 13.7. The Balaban J connectivity index is 1.69. The molecule has 1 unspecified atom stereocenters. The molecule has 0 radical (unpaired) electrons. The van der Waals surface area contributed by atoms with Crippen molar-refractivity contribution in [2.45, 2.75) is 12.6 Å². The zero-order valence-electron chi connectivity index (χ0n) is 19.3. The van der Waals surface area contributed by atoms with E-state index in [1.165, 1.54) is 30.2 Å². The zero-order valence-corrected chi connectivity index (χ0v) is 20.0. The molecule has 0 bridgehead atoms. The van der Waals surface area contributed by atoms with Crippen molar-refractivity contribution in [2.75, 3.05) is 13.7 Å². The molecule has 4 aromatic rings. The average Bonchev–Trinajstić information content (AvgIpc) is 3.16. The van der Waals surface area contributed by atoms with E-state index in [2.05, 4.69) is 6.58 Å². The van der Waals surface area contributed by atoms with Gasteiger partial charge in [0.1, 0.15) is 18.0 Å². The number of hydrogen-bond acceptors (Lipinski definition) is 5. The fourth-order valence-electron chi connectivity index (χ4n) is 4.41. The van der Waals surface area contributed by atoms with Crippen LogP contribution >= 0.6 is 11.6 Å². The van der Waals surface area contributed by atoms with Gasteiger partial charge in [-0.2, -0.15) is 0 Å². The summed E-state index contributed by atoms with van der Waals surface area (Å²) in [4.78, 5) is 28.8. The number of nitrogens with zero attached hydrogens (tertiary/aromatic N) is 1. The second kappa shape index (κ2) is 9.51. The average molecular weight is 506 g/mol. The van der Waals surface area contributed by atoms with Gasteiger partial charge >= 0.3 is 0 Å². The van der Waals surface area contributed by atoms with Gasteiger partial charge in [-0.25, -0.2) is 4.39 Å². The van der Waals surface area contributed by atoms with Crippen molar-refractivity contribution in [1.82, 2.24) is 4.90 Å². The van der Waals surface area contributed by atoms with Gasteiger partial charge in [0.25, 0.3) is 5.91 Å². The van der Waals surface area contributed by atoms with Gasteiger partial charge in [0.05, 0.1) is 24.1 Å². The lowest BCUT2D eigenvalue weighted by Crippen LogP contribution is -2.29. The summed E-state index contributed by atoms with van der Waals surface area (Å²) >= 11 is 6.15. The lowest BCUT2D eigenvalue weighted by atomic mass is 9.97. The van der Waals surface area contributed by atoms with Crippen molar-refractivity contribution in [2.24, 2.45) is 0 Å². The number of ether oxygens (including phenoxy) is 2. The Morgan fingerprint density at radius 3 is 2.58 bits per heavy atom. The highest BCUT2D eigenvalue weighted by molar-refractivity contribution is 6.31. The molecule has 5 rings (SSSR count). The third-order valence-corrected chi connectivity index (χ3v) is 6.29. The van der Waals surface area contributed by atoms with Gasteiger partial charge < -0.3 is 18.8 Å². The molecular weight excluding hydrogens is 485 g/mol. The summed E-state index contributed by atoms with van der Waals surface area (Å²) in [7, 11) is 1.51. The first-order valence-corrected chi connectivity index (χ1v) is 11.5. The monoisotopic (exact) mass is 505 g/mol. The van der Waals surface area contributed by atoms with Crippen LogP contribution in [0.4, 0.5) is 4.39 Å². The second-order valence-electron chi connectivity index (χ2n) is 8.29. The quantitative estimate of drug-likeness (QED) is 0.292. The summed E-state index contributed by atoms with van der Waals surface area (Å²) in [5.41, 5.74) is 1.45. The largest absolute Gasteiger partial charge is 0.493 e. The molecule has 0 N–H and O–H groups in total. The Hall–Kier alpha value is -4.10. The van der Waals surface area contributed by atoms with E-state index in [4.69, 9.17) is 25.5 Å². The zero-order chi connectivity index (χ0) is 25.4. The highest BCUT2D eigenvalue weighted by atomic mass is 35.5. The molecule has 6 nitrogen and oxygen atoms in total. The predicted molar refractivity (Wildman–Crippen MR) is 134 cm³/mol.